The summed E-state index contributed by atoms with van der Waals surface area (Å²) in [6, 6.07) is 7.20. The van der Waals surface area contributed by atoms with Crippen LogP contribution < -0.4 is 10.1 Å². The highest BCUT2D eigenvalue weighted by Crippen LogP contribution is 2.37. The van der Waals surface area contributed by atoms with Crippen LogP contribution in [0.4, 0.5) is 5.00 Å². The number of benzene rings is 1. The number of anilines is 1. The zero-order valence-electron chi connectivity index (χ0n) is 14.0. The van der Waals surface area contributed by atoms with Crippen molar-refractivity contribution in [2.24, 2.45) is 0 Å². The van der Waals surface area contributed by atoms with E-state index in [2.05, 4.69) is 11.4 Å². The van der Waals surface area contributed by atoms with Crippen molar-refractivity contribution in [3.05, 3.63) is 44.8 Å². The van der Waals surface area contributed by atoms with E-state index in [1.54, 1.807) is 18.2 Å². The molecule has 3 rings (SSSR count). The Morgan fingerprint density at radius 3 is 2.76 bits per heavy atom. The second kappa shape index (κ2) is 7.90. The topological polar surface area (TPSA) is 62.1 Å². The zero-order chi connectivity index (χ0) is 17.8. The number of rotatable bonds is 3. The molecule has 0 saturated carbocycles. The van der Waals surface area contributed by atoms with Crippen molar-refractivity contribution in [2.45, 2.75) is 38.5 Å². The molecule has 1 N–H and O–H groups in total. The van der Waals surface area contributed by atoms with Crippen LogP contribution in [0.2, 0.25) is 5.02 Å². The normalized spacial score (nSPS) is 14.0. The number of carbonyl (C=O) groups is 1. The van der Waals surface area contributed by atoms with Gasteiger partial charge in [-0.2, -0.15) is 5.26 Å². The Bertz CT molecular complexity index is 839. The van der Waals surface area contributed by atoms with Gasteiger partial charge in [-0.3, -0.25) is 4.79 Å². The Kier molecular flexibility index (Phi) is 5.62. The molecule has 0 spiro atoms. The minimum Gasteiger partial charge on any atom is -0.496 e. The average molecular weight is 375 g/mol. The van der Waals surface area contributed by atoms with Gasteiger partial charge in [0.15, 0.2) is 0 Å². The molecule has 4 nitrogen and oxygen atoms in total. The van der Waals surface area contributed by atoms with E-state index in [0.29, 0.717) is 26.9 Å². The number of nitriles is 1. The number of carbonyl (C=O) groups excluding carboxylic acids is 1. The van der Waals surface area contributed by atoms with E-state index in [1.807, 2.05) is 0 Å². The van der Waals surface area contributed by atoms with Crippen molar-refractivity contribution >= 4 is 33.8 Å². The molecule has 0 fully saturated rings. The number of ether oxygens (including phenoxy) is 1. The van der Waals surface area contributed by atoms with Crippen LogP contribution >= 0.6 is 22.9 Å². The molecule has 0 unspecified atom stereocenters. The Morgan fingerprint density at radius 2 is 2.04 bits per heavy atom. The van der Waals surface area contributed by atoms with Crippen molar-refractivity contribution in [1.82, 2.24) is 0 Å². The maximum absolute atomic E-state index is 12.7. The molecule has 0 saturated heterocycles. The molecule has 130 valence electrons. The first-order chi connectivity index (χ1) is 12.1. The van der Waals surface area contributed by atoms with Crippen LogP contribution in [0.25, 0.3) is 0 Å². The van der Waals surface area contributed by atoms with Crippen LogP contribution in [0.3, 0.4) is 0 Å². The van der Waals surface area contributed by atoms with Gasteiger partial charge in [-0.25, -0.2) is 0 Å². The van der Waals surface area contributed by atoms with Gasteiger partial charge in [-0.15, -0.1) is 11.3 Å². The van der Waals surface area contributed by atoms with Gasteiger partial charge in [0.05, 0.1) is 18.2 Å². The number of fused-ring (bicyclic) bond motifs is 1. The summed E-state index contributed by atoms with van der Waals surface area (Å²) in [4.78, 5) is 13.9. The first-order valence-electron chi connectivity index (χ1n) is 8.33. The molecule has 1 aromatic heterocycles. The Hall–Kier alpha value is -2.03. The van der Waals surface area contributed by atoms with Crippen molar-refractivity contribution in [3.63, 3.8) is 0 Å². The van der Waals surface area contributed by atoms with Crippen LogP contribution in [0.5, 0.6) is 5.75 Å². The van der Waals surface area contributed by atoms with Gasteiger partial charge < -0.3 is 10.1 Å². The molecule has 0 atom stereocenters. The molecule has 6 heteroatoms. The lowest BCUT2D eigenvalue weighted by atomic mass is 9.97. The molecule has 0 aliphatic heterocycles. The van der Waals surface area contributed by atoms with Gasteiger partial charge in [0, 0.05) is 9.90 Å². The fourth-order valence-corrected chi connectivity index (χ4v) is 4.56. The minimum atomic E-state index is -0.315. The predicted molar refractivity (Wildman–Crippen MR) is 101 cm³/mol. The Balaban J connectivity index is 1.93. The third-order valence-corrected chi connectivity index (χ3v) is 5.86. The molecule has 0 bridgehead atoms. The first-order valence-corrected chi connectivity index (χ1v) is 9.53. The number of amides is 1. The third kappa shape index (κ3) is 3.81. The number of nitrogens with zero attached hydrogens (tertiary/aromatic N) is 1. The smallest absolute Gasteiger partial charge is 0.260 e. The summed E-state index contributed by atoms with van der Waals surface area (Å²) in [5, 5.41) is 13.6. The van der Waals surface area contributed by atoms with E-state index < -0.39 is 0 Å². The molecular formula is C19H19ClN2O2S. The second-order valence-corrected chi connectivity index (χ2v) is 7.57. The summed E-state index contributed by atoms with van der Waals surface area (Å²) in [5.41, 5.74) is 2.08. The molecule has 25 heavy (non-hydrogen) atoms. The van der Waals surface area contributed by atoms with E-state index in [0.717, 1.165) is 31.2 Å². The lowest BCUT2D eigenvalue weighted by Gasteiger charge is -2.09. The number of thiophene rings is 1. The summed E-state index contributed by atoms with van der Waals surface area (Å²) >= 11 is 7.53. The van der Waals surface area contributed by atoms with E-state index in [9.17, 15) is 10.1 Å². The van der Waals surface area contributed by atoms with Gasteiger partial charge in [0.25, 0.3) is 5.91 Å². The summed E-state index contributed by atoms with van der Waals surface area (Å²) in [5.74, 6) is 0.139. The molecule has 1 amide bonds. The fraction of sp³-hybridized carbons (Fsp3) is 0.368. The van der Waals surface area contributed by atoms with E-state index in [-0.39, 0.29) is 5.91 Å². The second-order valence-electron chi connectivity index (χ2n) is 6.03. The number of hydrogen-bond acceptors (Lipinski definition) is 4. The average Bonchev–Trinajstić information content (AvgIpc) is 2.90. The van der Waals surface area contributed by atoms with Crippen LogP contribution in [0.1, 0.15) is 52.0 Å². The molecule has 2 aromatic rings. The van der Waals surface area contributed by atoms with Crippen LogP contribution in [-0.4, -0.2) is 13.0 Å². The summed E-state index contributed by atoms with van der Waals surface area (Å²) in [7, 11) is 1.51. The molecule has 1 aromatic carbocycles. The zero-order valence-corrected chi connectivity index (χ0v) is 15.6. The molecule has 1 heterocycles. The van der Waals surface area contributed by atoms with Gasteiger partial charge in [-0.1, -0.05) is 24.4 Å². The molecular weight excluding hydrogens is 356 g/mol. The SMILES string of the molecule is COc1ccc(Cl)cc1C(=O)Nc1sc2c(c1C#N)CCCCCC2. The first kappa shape index (κ1) is 17.8. The van der Waals surface area contributed by atoms with Crippen molar-refractivity contribution in [1.29, 1.82) is 5.26 Å². The molecule has 1 aliphatic carbocycles. The maximum atomic E-state index is 12.7. The summed E-state index contributed by atoms with van der Waals surface area (Å²) in [6.45, 7) is 0. The highest BCUT2D eigenvalue weighted by Gasteiger charge is 2.22. The largest absolute Gasteiger partial charge is 0.496 e. The fourth-order valence-electron chi connectivity index (χ4n) is 3.15. The number of hydrogen-bond donors (Lipinski definition) is 1. The van der Waals surface area contributed by atoms with Crippen molar-refractivity contribution in [2.75, 3.05) is 12.4 Å². The minimum absolute atomic E-state index is 0.315. The van der Waals surface area contributed by atoms with E-state index >= 15 is 0 Å². The van der Waals surface area contributed by atoms with Crippen LogP contribution in [-0.2, 0) is 12.8 Å². The number of halogens is 1. The summed E-state index contributed by atoms with van der Waals surface area (Å²) < 4.78 is 5.25. The van der Waals surface area contributed by atoms with Gasteiger partial charge >= 0.3 is 0 Å². The summed E-state index contributed by atoms with van der Waals surface area (Å²) in [6.07, 6.45) is 6.53. The predicted octanol–water partition coefficient (Wildman–Crippen LogP) is 5.19. The van der Waals surface area contributed by atoms with E-state index in [4.69, 9.17) is 16.3 Å². The third-order valence-electron chi connectivity index (χ3n) is 4.42. The molecule has 1 aliphatic rings. The van der Waals surface area contributed by atoms with Crippen LogP contribution in [0.15, 0.2) is 18.2 Å². The number of aryl methyl sites for hydroxylation is 1. The Morgan fingerprint density at radius 1 is 1.28 bits per heavy atom. The number of nitrogens with one attached hydrogen (secondary N) is 1. The van der Waals surface area contributed by atoms with Gasteiger partial charge in [0.2, 0.25) is 0 Å². The standard InChI is InChI=1S/C19H19ClN2O2S/c1-24-16-9-8-12(20)10-14(16)18(23)22-19-15(11-21)13-6-4-2-3-5-7-17(13)25-19/h8-10H,2-7H2,1H3,(H,22,23). The lowest BCUT2D eigenvalue weighted by molar-refractivity contribution is 0.102. The maximum Gasteiger partial charge on any atom is 0.260 e. The Labute approximate surface area is 156 Å². The van der Waals surface area contributed by atoms with Gasteiger partial charge in [-0.05, 0) is 49.4 Å². The molecule has 0 radical (unpaired) electrons. The van der Waals surface area contributed by atoms with Gasteiger partial charge in [0.1, 0.15) is 16.8 Å². The highest BCUT2D eigenvalue weighted by molar-refractivity contribution is 7.16. The highest BCUT2D eigenvalue weighted by atomic mass is 35.5. The van der Waals surface area contributed by atoms with E-state index in [1.165, 1.54) is 36.2 Å². The van der Waals surface area contributed by atoms with Crippen LogP contribution in [0, 0.1) is 11.3 Å². The van der Waals surface area contributed by atoms with Crippen molar-refractivity contribution < 1.29 is 9.53 Å². The number of methoxy groups -OCH3 is 1. The van der Waals surface area contributed by atoms with Crippen molar-refractivity contribution in [3.8, 4) is 11.8 Å². The lowest BCUT2D eigenvalue weighted by Crippen LogP contribution is -2.13. The quantitative estimate of drug-likeness (QED) is 0.803. The monoisotopic (exact) mass is 374 g/mol.